The molecule has 1 aromatic carbocycles. The highest BCUT2D eigenvalue weighted by atomic mass is 32.2. The van der Waals surface area contributed by atoms with E-state index in [0.29, 0.717) is 23.8 Å². The van der Waals surface area contributed by atoms with Crippen molar-refractivity contribution < 1.29 is 22.3 Å². The molecule has 1 saturated heterocycles. The number of halogens is 1. The summed E-state index contributed by atoms with van der Waals surface area (Å²) < 4.78 is 51.3. The van der Waals surface area contributed by atoms with Gasteiger partial charge in [-0.05, 0) is 18.2 Å². The number of aromatic nitrogens is 2. The number of fused-ring (bicyclic) bond motifs is 3. The highest BCUT2D eigenvalue weighted by Crippen LogP contribution is 2.48. The SMILES string of the molecule is CS(=O)(=O)N1C[C@@H](COc2cnccn2)[C@@H]2COc3ccc(F)cc3[C@@H]21. The molecule has 3 atom stereocenters. The van der Waals surface area contributed by atoms with E-state index in [1.165, 1.54) is 35.1 Å². The summed E-state index contributed by atoms with van der Waals surface area (Å²) in [6.07, 6.45) is 5.75. The molecule has 26 heavy (non-hydrogen) atoms. The second kappa shape index (κ2) is 6.48. The summed E-state index contributed by atoms with van der Waals surface area (Å²) in [5, 5.41) is 0. The summed E-state index contributed by atoms with van der Waals surface area (Å²) in [5.41, 5.74) is 0.564. The molecule has 1 fully saturated rings. The molecule has 0 radical (unpaired) electrons. The second-order valence-corrected chi connectivity index (χ2v) is 8.48. The maximum atomic E-state index is 13.8. The highest BCUT2D eigenvalue weighted by Gasteiger charge is 2.49. The van der Waals surface area contributed by atoms with E-state index in [9.17, 15) is 12.8 Å². The first-order chi connectivity index (χ1) is 12.4. The van der Waals surface area contributed by atoms with Gasteiger partial charge in [0.05, 0.1) is 31.7 Å². The summed E-state index contributed by atoms with van der Waals surface area (Å²) in [4.78, 5) is 8.01. The molecule has 2 aliphatic heterocycles. The van der Waals surface area contributed by atoms with E-state index in [2.05, 4.69) is 9.97 Å². The van der Waals surface area contributed by atoms with Gasteiger partial charge in [-0.1, -0.05) is 0 Å². The normalized spacial score (nSPS) is 25.2. The minimum atomic E-state index is -3.47. The van der Waals surface area contributed by atoms with Crippen LogP contribution in [0.5, 0.6) is 11.6 Å². The second-order valence-electron chi connectivity index (χ2n) is 6.55. The Bertz CT molecular complexity index is 909. The summed E-state index contributed by atoms with van der Waals surface area (Å²) in [6.45, 7) is 0.914. The Morgan fingerprint density at radius 2 is 2.23 bits per heavy atom. The average Bonchev–Trinajstić information content (AvgIpc) is 3.00. The smallest absolute Gasteiger partial charge is 0.232 e. The van der Waals surface area contributed by atoms with Crippen molar-refractivity contribution in [3.05, 3.63) is 48.2 Å². The van der Waals surface area contributed by atoms with Crippen LogP contribution in [0.2, 0.25) is 0 Å². The Morgan fingerprint density at radius 3 is 2.96 bits per heavy atom. The molecule has 4 rings (SSSR count). The maximum Gasteiger partial charge on any atom is 0.232 e. The number of sulfonamides is 1. The zero-order valence-corrected chi connectivity index (χ0v) is 14.9. The molecular formula is C17H18FN3O4S. The molecule has 138 valence electrons. The van der Waals surface area contributed by atoms with Gasteiger partial charge in [-0.3, -0.25) is 4.98 Å². The molecule has 1 aromatic heterocycles. The average molecular weight is 379 g/mol. The molecule has 0 saturated carbocycles. The molecule has 0 spiro atoms. The van der Waals surface area contributed by atoms with Gasteiger partial charge in [0, 0.05) is 36.3 Å². The molecular weight excluding hydrogens is 361 g/mol. The third kappa shape index (κ3) is 3.12. The molecule has 0 unspecified atom stereocenters. The number of nitrogens with zero attached hydrogens (tertiary/aromatic N) is 3. The van der Waals surface area contributed by atoms with Gasteiger partial charge in [-0.25, -0.2) is 17.8 Å². The Labute approximate surface area is 150 Å². The van der Waals surface area contributed by atoms with Crippen molar-refractivity contribution >= 4 is 10.0 Å². The van der Waals surface area contributed by atoms with Crippen molar-refractivity contribution in [1.82, 2.24) is 14.3 Å². The zero-order valence-electron chi connectivity index (χ0n) is 14.1. The largest absolute Gasteiger partial charge is 0.493 e. The fraction of sp³-hybridized carbons (Fsp3) is 0.412. The first-order valence-corrected chi connectivity index (χ1v) is 10.1. The van der Waals surface area contributed by atoms with Crippen LogP contribution >= 0.6 is 0 Å². The molecule has 2 aliphatic rings. The third-order valence-corrected chi connectivity index (χ3v) is 6.10. The third-order valence-electron chi connectivity index (χ3n) is 4.87. The van der Waals surface area contributed by atoms with E-state index in [0.717, 1.165) is 0 Å². The predicted molar refractivity (Wildman–Crippen MR) is 90.7 cm³/mol. The van der Waals surface area contributed by atoms with Gasteiger partial charge in [0.15, 0.2) is 0 Å². The van der Waals surface area contributed by atoms with Crippen LogP contribution in [0.1, 0.15) is 11.6 Å². The number of rotatable bonds is 4. The number of hydrogen-bond donors (Lipinski definition) is 0. The van der Waals surface area contributed by atoms with E-state index in [1.807, 2.05) is 0 Å². The van der Waals surface area contributed by atoms with Crippen molar-refractivity contribution in [1.29, 1.82) is 0 Å². The number of ether oxygens (including phenoxy) is 2. The van der Waals surface area contributed by atoms with Gasteiger partial charge < -0.3 is 9.47 Å². The van der Waals surface area contributed by atoms with Crippen LogP contribution in [-0.4, -0.2) is 48.7 Å². The number of benzene rings is 1. The molecule has 2 aromatic rings. The maximum absolute atomic E-state index is 13.8. The monoisotopic (exact) mass is 379 g/mol. The van der Waals surface area contributed by atoms with Crippen LogP contribution in [0.4, 0.5) is 4.39 Å². The van der Waals surface area contributed by atoms with E-state index < -0.39 is 21.9 Å². The molecule has 3 heterocycles. The standard InChI is InChI=1S/C17H18FN3O4S/c1-26(22,23)21-8-11(9-25-16-7-19-4-5-20-16)14-10-24-15-3-2-12(18)6-13(15)17(14)21/h2-7,11,14,17H,8-10H2,1H3/t11-,14-,17-/m0/s1. The summed E-state index contributed by atoms with van der Waals surface area (Å²) in [7, 11) is -3.47. The van der Waals surface area contributed by atoms with Crippen molar-refractivity contribution in [3.8, 4) is 11.6 Å². The van der Waals surface area contributed by atoms with E-state index >= 15 is 0 Å². The minimum Gasteiger partial charge on any atom is -0.493 e. The first-order valence-electron chi connectivity index (χ1n) is 8.21. The molecule has 9 heteroatoms. The van der Waals surface area contributed by atoms with E-state index in [1.54, 1.807) is 12.3 Å². The first kappa shape index (κ1) is 17.2. The molecule has 0 amide bonds. The Balaban J connectivity index is 1.64. The van der Waals surface area contributed by atoms with E-state index in [4.69, 9.17) is 9.47 Å². The zero-order chi connectivity index (χ0) is 18.3. The van der Waals surface area contributed by atoms with Gasteiger partial charge >= 0.3 is 0 Å². The van der Waals surface area contributed by atoms with Crippen LogP contribution in [-0.2, 0) is 10.0 Å². The lowest BCUT2D eigenvalue weighted by Crippen LogP contribution is -2.35. The van der Waals surface area contributed by atoms with Gasteiger partial charge in [-0.15, -0.1) is 0 Å². The highest BCUT2D eigenvalue weighted by molar-refractivity contribution is 7.88. The quantitative estimate of drug-likeness (QED) is 0.803. The topological polar surface area (TPSA) is 81.6 Å². The fourth-order valence-corrected chi connectivity index (χ4v) is 4.85. The van der Waals surface area contributed by atoms with Gasteiger partial charge in [-0.2, -0.15) is 4.31 Å². The van der Waals surface area contributed by atoms with Gasteiger partial charge in [0.25, 0.3) is 0 Å². The minimum absolute atomic E-state index is 0.104. The lowest BCUT2D eigenvalue weighted by Gasteiger charge is -2.33. The Kier molecular flexibility index (Phi) is 4.28. The summed E-state index contributed by atoms with van der Waals surface area (Å²) in [5.74, 6) is 0.256. The Morgan fingerprint density at radius 1 is 1.38 bits per heavy atom. The van der Waals surface area contributed by atoms with Crippen LogP contribution < -0.4 is 9.47 Å². The lowest BCUT2D eigenvalue weighted by atomic mass is 9.86. The number of hydrogen-bond acceptors (Lipinski definition) is 6. The van der Waals surface area contributed by atoms with Crippen molar-refractivity contribution in [3.63, 3.8) is 0 Å². The van der Waals surface area contributed by atoms with Crippen LogP contribution in [0.3, 0.4) is 0 Å². The van der Waals surface area contributed by atoms with Gasteiger partial charge in [0.1, 0.15) is 11.6 Å². The van der Waals surface area contributed by atoms with E-state index in [-0.39, 0.29) is 25.0 Å². The molecule has 0 N–H and O–H groups in total. The molecule has 0 aliphatic carbocycles. The molecule has 0 bridgehead atoms. The van der Waals surface area contributed by atoms with Crippen LogP contribution in [0, 0.1) is 17.7 Å². The van der Waals surface area contributed by atoms with Crippen LogP contribution in [0.15, 0.2) is 36.8 Å². The Hall–Kier alpha value is -2.26. The summed E-state index contributed by atoms with van der Waals surface area (Å²) in [6, 6.07) is 3.76. The predicted octanol–water partition coefficient (Wildman–Crippen LogP) is 1.64. The van der Waals surface area contributed by atoms with Crippen molar-refractivity contribution in [2.45, 2.75) is 6.04 Å². The van der Waals surface area contributed by atoms with Gasteiger partial charge in [0.2, 0.25) is 15.9 Å². The lowest BCUT2D eigenvalue weighted by molar-refractivity contribution is 0.134. The van der Waals surface area contributed by atoms with Crippen molar-refractivity contribution in [2.75, 3.05) is 26.0 Å². The molecule has 7 nitrogen and oxygen atoms in total. The van der Waals surface area contributed by atoms with Crippen molar-refractivity contribution in [2.24, 2.45) is 11.8 Å². The fourth-order valence-electron chi connectivity index (χ4n) is 3.70. The summed E-state index contributed by atoms with van der Waals surface area (Å²) >= 11 is 0. The van der Waals surface area contributed by atoms with Crippen LogP contribution in [0.25, 0.3) is 0 Å².